The van der Waals surface area contributed by atoms with Crippen molar-refractivity contribution in [2.75, 3.05) is 5.32 Å². The van der Waals surface area contributed by atoms with Gasteiger partial charge in [0.15, 0.2) is 0 Å². The van der Waals surface area contributed by atoms with E-state index in [4.69, 9.17) is 11.6 Å². The zero-order valence-electron chi connectivity index (χ0n) is 20.5. The van der Waals surface area contributed by atoms with E-state index < -0.39 is 22.0 Å². The van der Waals surface area contributed by atoms with Crippen molar-refractivity contribution in [3.8, 4) is 11.1 Å². The van der Waals surface area contributed by atoms with Crippen molar-refractivity contribution < 1.29 is 23.1 Å². The highest BCUT2D eigenvalue weighted by atomic mass is 35.5. The number of carboxylic acids is 1. The summed E-state index contributed by atoms with van der Waals surface area (Å²) in [6.45, 7) is 0.341. The minimum absolute atomic E-state index is 0.0544. The Hall–Kier alpha value is -4.25. The first-order chi connectivity index (χ1) is 18.7. The molecule has 1 atom stereocenters. The van der Waals surface area contributed by atoms with Gasteiger partial charge in [-0.3, -0.25) is 9.78 Å². The van der Waals surface area contributed by atoms with Crippen LogP contribution in [0.15, 0.2) is 102 Å². The molecule has 1 aromatic heterocycles. The molecule has 0 aliphatic rings. The van der Waals surface area contributed by atoms with Gasteiger partial charge >= 0.3 is 12.0 Å². The summed E-state index contributed by atoms with van der Waals surface area (Å²) in [5.74, 6) is -1.29. The zero-order chi connectivity index (χ0) is 27.8. The number of aliphatic carboxylic acids is 1. The minimum atomic E-state index is -4.06. The van der Waals surface area contributed by atoms with E-state index in [2.05, 4.69) is 20.3 Å². The average molecular weight is 565 g/mol. The van der Waals surface area contributed by atoms with Crippen molar-refractivity contribution in [3.05, 3.63) is 113 Å². The van der Waals surface area contributed by atoms with Crippen LogP contribution in [0, 0.1) is 0 Å². The first-order valence-corrected chi connectivity index (χ1v) is 13.7. The quantitative estimate of drug-likeness (QED) is 0.220. The smallest absolute Gasteiger partial charge is 0.322 e. The largest absolute Gasteiger partial charge is 0.480 e. The SMILES string of the molecule is O=C(NCc1cccnc1)Nc1cccc(-c2ccc(C[C@@H](NS(=O)(=O)c3ccc(Cl)cc3)C(=O)O)cc2)c1. The molecule has 9 nitrogen and oxygen atoms in total. The Morgan fingerprint density at radius 3 is 2.31 bits per heavy atom. The maximum Gasteiger partial charge on any atom is 0.322 e. The predicted octanol–water partition coefficient (Wildman–Crippen LogP) is 4.70. The molecule has 1 heterocycles. The number of carbonyl (C=O) groups is 2. The van der Waals surface area contributed by atoms with Crippen molar-refractivity contribution in [3.63, 3.8) is 0 Å². The molecule has 39 heavy (non-hydrogen) atoms. The van der Waals surface area contributed by atoms with Crippen molar-refractivity contribution in [2.24, 2.45) is 0 Å². The molecule has 0 spiro atoms. The highest BCUT2D eigenvalue weighted by molar-refractivity contribution is 7.89. The Labute approximate surface area is 230 Å². The van der Waals surface area contributed by atoms with Crippen molar-refractivity contribution in [1.82, 2.24) is 15.0 Å². The van der Waals surface area contributed by atoms with E-state index >= 15 is 0 Å². The maximum atomic E-state index is 12.7. The fourth-order valence-electron chi connectivity index (χ4n) is 3.75. The van der Waals surface area contributed by atoms with E-state index in [1.54, 1.807) is 36.7 Å². The number of carbonyl (C=O) groups excluding carboxylic acids is 1. The Morgan fingerprint density at radius 1 is 0.897 bits per heavy atom. The summed E-state index contributed by atoms with van der Waals surface area (Å²) in [6, 6.07) is 21.8. The van der Waals surface area contributed by atoms with Crippen LogP contribution in [0.5, 0.6) is 0 Å². The van der Waals surface area contributed by atoms with Gasteiger partial charge < -0.3 is 15.7 Å². The topological polar surface area (TPSA) is 137 Å². The number of pyridine rings is 1. The molecule has 0 saturated carbocycles. The van der Waals surface area contributed by atoms with Crippen LogP contribution in [0.3, 0.4) is 0 Å². The number of hydrogen-bond acceptors (Lipinski definition) is 5. The number of rotatable bonds is 10. The molecule has 0 unspecified atom stereocenters. The standard InChI is InChI=1S/C28H25ClN4O5S/c29-23-10-12-25(13-11-23)39(37,38)33-26(27(34)35)15-19-6-8-21(9-7-19)22-4-1-5-24(16-22)32-28(36)31-18-20-3-2-14-30-17-20/h1-14,16-17,26,33H,15,18H2,(H,34,35)(H2,31,32,36)/t26-/m1/s1. The Morgan fingerprint density at radius 2 is 1.64 bits per heavy atom. The lowest BCUT2D eigenvalue weighted by molar-refractivity contribution is -0.138. The van der Waals surface area contributed by atoms with Gasteiger partial charge in [0.1, 0.15) is 6.04 Å². The second-order valence-electron chi connectivity index (χ2n) is 8.62. The summed E-state index contributed by atoms with van der Waals surface area (Å²) in [5.41, 5.74) is 3.79. The maximum absolute atomic E-state index is 12.7. The number of nitrogens with one attached hydrogen (secondary N) is 3. The van der Waals surface area contributed by atoms with Gasteiger partial charge in [0.2, 0.25) is 10.0 Å². The van der Waals surface area contributed by atoms with E-state index in [1.165, 1.54) is 24.3 Å². The summed E-state index contributed by atoms with van der Waals surface area (Å²) in [6.07, 6.45) is 3.29. The van der Waals surface area contributed by atoms with Gasteiger partial charge in [-0.2, -0.15) is 4.72 Å². The van der Waals surface area contributed by atoms with E-state index in [0.29, 0.717) is 22.8 Å². The van der Waals surface area contributed by atoms with E-state index in [-0.39, 0.29) is 17.3 Å². The number of sulfonamides is 1. The van der Waals surface area contributed by atoms with Gasteiger partial charge in [-0.1, -0.05) is 54.1 Å². The van der Waals surface area contributed by atoms with Crippen LogP contribution >= 0.6 is 11.6 Å². The van der Waals surface area contributed by atoms with E-state index in [0.717, 1.165) is 16.7 Å². The van der Waals surface area contributed by atoms with Crippen LogP contribution < -0.4 is 15.4 Å². The van der Waals surface area contributed by atoms with Crippen LogP contribution in [0.1, 0.15) is 11.1 Å². The average Bonchev–Trinajstić information content (AvgIpc) is 2.93. The number of hydrogen-bond donors (Lipinski definition) is 4. The molecule has 4 aromatic rings. The number of anilines is 1. The molecule has 3 aromatic carbocycles. The second kappa shape index (κ2) is 12.5. The van der Waals surface area contributed by atoms with Gasteiger partial charge in [0.25, 0.3) is 0 Å². The van der Waals surface area contributed by atoms with Gasteiger partial charge in [0, 0.05) is 29.6 Å². The number of urea groups is 1. The number of aromatic nitrogens is 1. The molecule has 0 aliphatic heterocycles. The Balaban J connectivity index is 1.39. The lowest BCUT2D eigenvalue weighted by Gasteiger charge is -2.15. The van der Waals surface area contributed by atoms with Crippen molar-refractivity contribution >= 4 is 39.3 Å². The normalized spacial score (nSPS) is 11.9. The monoisotopic (exact) mass is 564 g/mol. The Kier molecular flexibility index (Phi) is 8.92. The van der Waals surface area contributed by atoms with Crippen molar-refractivity contribution in [2.45, 2.75) is 23.9 Å². The highest BCUT2D eigenvalue weighted by Gasteiger charge is 2.25. The first kappa shape index (κ1) is 27.8. The second-order valence-corrected chi connectivity index (χ2v) is 10.8. The third-order valence-electron chi connectivity index (χ3n) is 5.74. The summed E-state index contributed by atoms with van der Waals surface area (Å²) in [5, 5.41) is 15.6. The number of carboxylic acid groups (broad SMARTS) is 1. The number of benzene rings is 3. The number of amides is 2. The van der Waals surface area contributed by atoms with Crippen LogP contribution in [-0.4, -0.2) is 36.6 Å². The third kappa shape index (κ3) is 7.87. The fourth-order valence-corrected chi connectivity index (χ4v) is 5.07. The number of nitrogens with zero attached hydrogens (tertiary/aromatic N) is 1. The van der Waals surface area contributed by atoms with Crippen LogP contribution in [0.4, 0.5) is 10.5 Å². The Bertz CT molecular complexity index is 1550. The van der Waals surface area contributed by atoms with Crippen LogP contribution in [0.2, 0.25) is 5.02 Å². The summed E-state index contributed by atoms with van der Waals surface area (Å²) in [4.78, 5) is 28.1. The first-order valence-electron chi connectivity index (χ1n) is 11.8. The van der Waals surface area contributed by atoms with E-state index in [1.807, 2.05) is 36.4 Å². The molecule has 0 aliphatic carbocycles. The molecule has 11 heteroatoms. The number of halogens is 1. The summed E-state index contributed by atoms with van der Waals surface area (Å²) < 4.78 is 27.6. The summed E-state index contributed by atoms with van der Waals surface area (Å²) in [7, 11) is -4.06. The molecule has 0 radical (unpaired) electrons. The van der Waals surface area contributed by atoms with Gasteiger partial charge in [0.05, 0.1) is 4.90 Å². The molecule has 4 rings (SSSR count). The fraction of sp³-hybridized carbons (Fsp3) is 0.107. The molecule has 0 saturated heterocycles. The molecule has 0 fully saturated rings. The zero-order valence-corrected chi connectivity index (χ0v) is 22.1. The minimum Gasteiger partial charge on any atom is -0.480 e. The molecule has 200 valence electrons. The molecule has 4 N–H and O–H groups in total. The predicted molar refractivity (Wildman–Crippen MR) is 149 cm³/mol. The summed E-state index contributed by atoms with van der Waals surface area (Å²) >= 11 is 5.81. The third-order valence-corrected chi connectivity index (χ3v) is 7.48. The van der Waals surface area contributed by atoms with Gasteiger partial charge in [-0.05, 0) is 71.1 Å². The van der Waals surface area contributed by atoms with Crippen LogP contribution in [-0.2, 0) is 27.8 Å². The van der Waals surface area contributed by atoms with Crippen LogP contribution in [0.25, 0.3) is 11.1 Å². The molecular formula is C28H25ClN4O5S. The van der Waals surface area contributed by atoms with Gasteiger partial charge in [-0.25, -0.2) is 13.2 Å². The molecule has 0 bridgehead atoms. The molecular weight excluding hydrogens is 540 g/mol. The lowest BCUT2D eigenvalue weighted by atomic mass is 10.0. The van der Waals surface area contributed by atoms with E-state index in [9.17, 15) is 23.1 Å². The molecule has 2 amide bonds. The van der Waals surface area contributed by atoms with Crippen molar-refractivity contribution in [1.29, 1.82) is 0 Å². The van der Waals surface area contributed by atoms with Gasteiger partial charge in [-0.15, -0.1) is 0 Å². The highest BCUT2D eigenvalue weighted by Crippen LogP contribution is 2.24. The lowest BCUT2D eigenvalue weighted by Crippen LogP contribution is -2.42.